The van der Waals surface area contributed by atoms with Crippen molar-refractivity contribution in [2.75, 3.05) is 56.9 Å². The lowest BCUT2D eigenvalue weighted by Crippen LogP contribution is -2.01. The van der Waals surface area contributed by atoms with Crippen LogP contribution in [-0.2, 0) is 0 Å². The fourth-order valence-corrected chi connectivity index (χ4v) is 3.64. The summed E-state index contributed by atoms with van der Waals surface area (Å²) >= 11 is 0. The van der Waals surface area contributed by atoms with Crippen molar-refractivity contribution in [1.82, 2.24) is 0 Å². The fraction of sp³-hybridized carbons (Fsp3) is 0.308. The first-order chi connectivity index (χ1) is 17.0. The molecular weight excluding hydrogens is 456 g/mol. The predicted molar refractivity (Wildman–Crippen MR) is 131 cm³/mol. The zero-order chi connectivity index (χ0) is 25.5. The van der Waals surface area contributed by atoms with Gasteiger partial charge < -0.3 is 42.6 Å². The van der Waals surface area contributed by atoms with Gasteiger partial charge in [-0.25, -0.2) is 0 Å². The highest BCUT2D eigenvalue weighted by Crippen LogP contribution is 2.52. The molecule has 188 valence electrons. The summed E-state index contributed by atoms with van der Waals surface area (Å²) in [6.07, 6.45) is 0. The maximum atomic E-state index is 6.20. The van der Waals surface area contributed by atoms with Crippen LogP contribution in [0, 0.1) is 0 Å². The Morgan fingerprint density at radius 2 is 0.629 bits per heavy atom. The van der Waals surface area contributed by atoms with E-state index in [2.05, 4.69) is 0 Å². The summed E-state index contributed by atoms with van der Waals surface area (Å²) in [5.74, 6) is 4.77. The molecule has 0 aliphatic heterocycles. The van der Waals surface area contributed by atoms with Crippen molar-refractivity contribution in [3.05, 3.63) is 36.4 Å². The molecule has 0 radical (unpaired) electrons. The van der Waals surface area contributed by atoms with Crippen molar-refractivity contribution >= 4 is 0 Å². The average Bonchev–Trinajstić information content (AvgIpc) is 2.91. The first-order valence-electron chi connectivity index (χ1n) is 10.5. The van der Waals surface area contributed by atoms with E-state index in [1.54, 1.807) is 79.1 Å². The molecule has 9 nitrogen and oxygen atoms in total. The third-order valence-electron chi connectivity index (χ3n) is 5.33. The molecule has 3 rings (SSSR count). The Labute approximate surface area is 204 Å². The van der Waals surface area contributed by atoms with Crippen LogP contribution >= 0.6 is 0 Å². The second-order valence-corrected chi connectivity index (χ2v) is 7.07. The molecule has 0 N–H and O–H groups in total. The van der Waals surface area contributed by atoms with E-state index in [0.29, 0.717) is 68.6 Å². The van der Waals surface area contributed by atoms with Gasteiger partial charge in [-0.3, -0.25) is 0 Å². The number of hydrogen-bond donors (Lipinski definition) is 0. The zero-order valence-electron chi connectivity index (χ0n) is 21.1. The van der Waals surface area contributed by atoms with Crippen LogP contribution in [-0.4, -0.2) is 56.9 Å². The molecule has 3 aromatic carbocycles. The van der Waals surface area contributed by atoms with Crippen LogP contribution in [0.1, 0.15) is 0 Å². The van der Waals surface area contributed by atoms with Crippen LogP contribution in [0.3, 0.4) is 0 Å². The van der Waals surface area contributed by atoms with Gasteiger partial charge in [0, 0.05) is 36.4 Å². The predicted octanol–water partition coefficient (Wildman–Crippen LogP) is 5.21. The molecule has 35 heavy (non-hydrogen) atoms. The van der Waals surface area contributed by atoms with Gasteiger partial charge in [-0.05, 0) is 0 Å². The van der Waals surface area contributed by atoms with Gasteiger partial charge in [-0.15, -0.1) is 0 Å². The number of ether oxygens (including phenoxy) is 9. The third-order valence-corrected chi connectivity index (χ3v) is 5.33. The van der Waals surface area contributed by atoms with E-state index in [1.807, 2.05) is 0 Å². The second kappa shape index (κ2) is 11.3. The minimum absolute atomic E-state index is 0.368. The Morgan fingerprint density at radius 3 is 0.914 bits per heavy atom. The van der Waals surface area contributed by atoms with Crippen molar-refractivity contribution < 1.29 is 42.6 Å². The Bertz CT molecular complexity index is 1100. The third kappa shape index (κ3) is 5.03. The van der Waals surface area contributed by atoms with E-state index in [9.17, 15) is 0 Å². The van der Waals surface area contributed by atoms with Gasteiger partial charge >= 0.3 is 0 Å². The van der Waals surface area contributed by atoms with Gasteiger partial charge in [0.2, 0.25) is 5.75 Å². The molecular formula is C26H30O9. The number of benzene rings is 3. The van der Waals surface area contributed by atoms with Crippen LogP contribution in [0.2, 0.25) is 0 Å². The van der Waals surface area contributed by atoms with Gasteiger partial charge in [0.25, 0.3) is 0 Å². The van der Waals surface area contributed by atoms with E-state index in [1.165, 1.54) is 14.2 Å². The van der Waals surface area contributed by atoms with E-state index in [4.69, 9.17) is 42.6 Å². The Balaban J connectivity index is 2.21. The molecule has 0 spiro atoms. The first kappa shape index (κ1) is 25.5. The molecule has 0 heterocycles. The summed E-state index contributed by atoms with van der Waals surface area (Å²) in [5, 5.41) is 0. The number of rotatable bonds is 11. The van der Waals surface area contributed by atoms with Gasteiger partial charge in [-0.2, -0.15) is 0 Å². The van der Waals surface area contributed by atoms with Crippen LogP contribution in [0.4, 0.5) is 0 Å². The van der Waals surface area contributed by atoms with Gasteiger partial charge in [0.15, 0.2) is 11.5 Å². The summed E-state index contributed by atoms with van der Waals surface area (Å²) in [6.45, 7) is 0. The quantitative estimate of drug-likeness (QED) is 0.362. The molecule has 0 saturated carbocycles. The normalized spacial score (nSPS) is 10.3. The van der Waals surface area contributed by atoms with Crippen molar-refractivity contribution in [3.8, 4) is 68.6 Å². The maximum Gasteiger partial charge on any atom is 0.211 e. The Hall–Kier alpha value is -4.14. The molecule has 0 fully saturated rings. The van der Waals surface area contributed by atoms with Crippen molar-refractivity contribution in [2.24, 2.45) is 0 Å². The smallest absolute Gasteiger partial charge is 0.211 e. The lowest BCUT2D eigenvalue weighted by atomic mass is 10.00. The monoisotopic (exact) mass is 486 g/mol. The first-order valence-corrected chi connectivity index (χ1v) is 10.5. The molecule has 0 unspecified atom stereocenters. The molecule has 0 aliphatic rings. The zero-order valence-corrected chi connectivity index (χ0v) is 21.1. The minimum Gasteiger partial charge on any atom is -0.496 e. The van der Waals surface area contributed by atoms with Crippen LogP contribution in [0.5, 0.6) is 57.5 Å². The standard InChI is InChI=1S/C26H30O9/c1-27-15-9-18(29-3)24(19(10-15)30-4)25-20(31-5)13-17(14-21(25)32-6)35-26-22(33-7)11-16(28-2)12-23(26)34-8/h9-14H,1-8H3. The van der Waals surface area contributed by atoms with Crippen LogP contribution in [0.15, 0.2) is 36.4 Å². The maximum absolute atomic E-state index is 6.20. The molecule has 0 aromatic heterocycles. The van der Waals surface area contributed by atoms with Crippen LogP contribution < -0.4 is 42.6 Å². The van der Waals surface area contributed by atoms with E-state index >= 15 is 0 Å². The second-order valence-electron chi connectivity index (χ2n) is 7.07. The molecule has 0 saturated heterocycles. The number of hydrogen-bond acceptors (Lipinski definition) is 9. The summed E-state index contributed by atoms with van der Waals surface area (Å²) in [5.41, 5.74) is 1.25. The summed E-state index contributed by atoms with van der Waals surface area (Å²) < 4.78 is 50.7. The molecule has 3 aromatic rings. The van der Waals surface area contributed by atoms with E-state index in [-0.39, 0.29) is 0 Å². The topological polar surface area (TPSA) is 83.1 Å². The SMILES string of the molecule is COc1cc(OC)c(Oc2cc(OC)c(-c3c(OC)cc(OC)cc3OC)c(OC)c2)c(OC)c1. The van der Waals surface area contributed by atoms with E-state index < -0.39 is 0 Å². The van der Waals surface area contributed by atoms with Crippen molar-refractivity contribution in [2.45, 2.75) is 0 Å². The lowest BCUT2D eigenvalue weighted by molar-refractivity contribution is 0.335. The number of methoxy groups -OCH3 is 8. The highest BCUT2D eigenvalue weighted by Gasteiger charge is 2.25. The highest BCUT2D eigenvalue weighted by molar-refractivity contribution is 5.87. The van der Waals surface area contributed by atoms with E-state index in [0.717, 1.165) is 0 Å². The fourth-order valence-electron chi connectivity index (χ4n) is 3.64. The largest absolute Gasteiger partial charge is 0.496 e. The molecule has 0 bridgehead atoms. The van der Waals surface area contributed by atoms with Crippen molar-refractivity contribution in [1.29, 1.82) is 0 Å². The van der Waals surface area contributed by atoms with Gasteiger partial charge in [0.1, 0.15) is 40.2 Å². The van der Waals surface area contributed by atoms with Crippen molar-refractivity contribution in [3.63, 3.8) is 0 Å². The molecule has 0 amide bonds. The molecule has 9 heteroatoms. The Morgan fingerprint density at radius 1 is 0.343 bits per heavy atom. The molecule has 0 atom stereocenters. The van der Waals surface area contributed by atoms with Gasteiger partial charge in [-0.1, -0.05) is 0 Å². The minimum atomic E-state index is 0.368. The highest BCUT2D eigenvalue weighted by atomic mass is 16.5. The lowest BCUT2D eigenvalue weighted by Gasteiger charge is -2.21. The Kier molecular flexibility index (Phi) is 8.25. The van der Waals surface area contributed by atoms with Crippen LogP contribution in [0.25, 0.3) is 11.1 Å². The summed E-state index contributed by atoms with van der Waals surface area (Å²) in [7, 11) is 12.4. The summed E-state index contributed by atoms with van der Waals surface area (Å²) in [6, 6.07) is 10.4. The summed E-state index contributed by atoms with van der Waals surface area (Å²) in [4.78, 5) is 0. The molecule has 0 aliphatic carbocycles. The average molecular weight is 487 g/mol. The van der Waals surface area contributed by atoms with Gasteiger partial charge in [0.05, 0.1) is 68.0 Å².